The van der Waals surface area contributed by atoms with Gasteiger partial charge in [0.1, 0.15) is 42.4 Å². The van der Waals surface area contributed by atoms with Gasteiger partial charge >= 0.3 is 15.6 Å². The van der Waals surface area contributed by atoms with E-state index in [0.29, 0.717) is 5.56 Å². The number of aliphatic hydroxyl groups excluding tert-OH is 4. The maximum absolute atomic E-state index is 12.5. The number of hydrogen-bond acceptors (Lipinski definition) is 18. The molecule has 3 aromatic heterocycles. The molecular formula is C21H29N6O17P3. The summed E-state index contributed by atoms with van der Waals surface area (Å²) < 4.78 is 68.1. The number of rotatable bonds is 13. The molecule has 0 spiro atoms. The minimum absolute atomic E-state index is 0.00339. The first-order valence-corrected chi connectivity index (χ1v) is 17.7. The first-order chi connectivity index (χ1) is 22.0. The maximum atomic E-state index is 12.5. The summed E-state index contributed by atoms with van der Waals surface area (Å²) in [5, 5.41) is 40.8. The molecule has 0 radical (unpaired) electrons. The normalized spacial score (nSPS) is 30.8. The highest BCUT2D eigenvalue weighted by molar-refractivity contribution is 7.60. The second-order valence-corrected chi connectivity index (χ2v) is 14.3. The van der Waals surface area contributed by atoms with Crippen molar-refractivity contribution >= 4 is 40.4 Å². The molecule has 260 valence electrons. The summed E-state index contributed by atoms with van der Waals surface area (Å²) in [6, 6.07) is 3.11. The standard InChI is InChI=1S/C21H29N6O17P3/c22-18-13-19(24-8-23-18)27(9-25-13)21-17(43-45(32,33)34)15(30)12(42-21)7-40-47(37,38)44-46(35,36)39-6-11-14(29)16(31)20(41-11)26-3-1-2-10(4-26)5-28/h1-4,8-9,11-12,14-17,20-21,28-31H,5-7H2,(H5-,22,23,24,32,33,34,35,36,37,38)/t11-,12-,14-,15-,16-,17-,20-,21-/m1/s1. The number of imidazole rings is 1. The number of anilines is 1. The van der Waals surface area contributed by atoms with E-state index in [0.717, 1.165) is 17.2 Å². The molecule has 2 aliphatic rings. The van der Waals surface area contributed by atoms with Crippen molar-refractivity contribution < 1.29 is 85.6 Å². The monoisotopic (exact) mass is 730 g/mol. The van der Waals surface area contributed by atoms with E-state index in [9.17, 15) is 53.7 Å². The summed E-state index contributed by atoms with van der Waals surface area (Å²) in [6.07, 6.45) is -7.92. The number of pyridine rings is 1. The van der Waals surface area contributed by atoms with Crippen LogP contribution in [0.15, 0.2) is 37.2 Å². The Morgan fingerprint density at radius 3 is 2.40 bits per heavy atom. The molecule has 10 atom stereocenters. The van der Waals surface area contributed by atoms with Crippen molar-refractivity contribution in [1.82, 2.24) is 19.5 Å². The van der Waals surface area contributed by atoms with E-state index in [1.165, 1.54) is 23.0 Å². The van der Waals surface area contributed by atoms with Crippen molar-refractivity contribution in [3.63, 3.8) is 0 Å². The quantitative estimate of drug-likeness (QED) is 0.0636. The number of phosphoric ester groups is 3. The van der Waals surface area contributed by atoms with Gasteiger partial charge in [-0.2, -0.15) is 4.57 Å². The SMILES string of the molecule is Nc1ncnc2c1ncn2[C@@H]1O[C@H](COP(=O)(O)OP(=O)([O-])OC[C@H]2O[C@@H]([n+]3cccc(CO)c3)[C@H](O)[C@@H]2O)[C@@H](O)[C@H]1OP(=O)(O)O. The van der Waals surface area contributed by atoms with Gasteiger partial charge in [-0.05, 0) is 6.07 Å². The van der Waals surface area contributed by atoms with E-state index in [1.807, 2.05) is 0 Å². The number of phosphoric acid groups is 3. The Morgan fingerprint density at radius 2 is 1.70 bits per heavy atom. The predicted octanol–water partition coefficient (Wildman–Crippen LogP) is -3.14. The molecule has 3 aromatic rings. The van der Waals surface area contributed by atoms with Crippen molar-refractivity contribution in [2.75, 3.05) is 18.9 Å². The molecule has 23 nitrogen and oxygen atoms in total. The Kier molecular flexibility index (Phi) is 10.6. The van der Waals surface area contributed by atoms with Crippen molar-refractivity contribution in [3.05, 3.63) is 42.7 Å². The van der Waals surface area contributed by atoms with Gasteiger partial charge in [0.15, 0.2) is 36.2 Å². The molecule has 2 fully saturated rings. The van der Waals surface area contributed by atoms with Crippen LogP contribution in [0.3, 0.4) is 0 Å². The Balaban J connectivity index is 1.21. The van der Waals surface area contributed by atoms with Gasteiger partial charge in [0, 0.05) is 11.6 Å². The Labute approximate surface area is 263 Å². The van der Waals surface area contributed by atoms with Gasteiger partial charge in [0.2, 0.25) is 0 Å². The number of aromatic nitrogens is 5. The van der Waals surface area contributed by atoms with Gasteiger partial charge in [0.05, 0.1) is 26.1 Å². The fraction of sp³-hybridized carbons (Fsp3) is 0.524. The predicted molar refractivity (Wildman–Crippen MR) is 145 cm³/mol. The molecule has 2 aliphatic heterocycles. The number of hydrogen-bond donors (Lipinski definition) is 8. The van der Waals surface area contributed by atoms with E-state index >= 15 is 0 Å². The summed E-state index contributed by atoms with van der Waals surface area (Å²) in [6.45, 7) is -2.39. The topological polar surface area (TPSA) is 345 Å². The van der Waals surface area contributed by atoms with Crippen LogP contribution in [-0.4, -0.2) is 104 Å². The van der Waals surface area contributed by atoms with Crippen molar-refractivity contribution in [2.45, 2.75) is 55.7 Å². The second-order valence-electron chi connectivity index (χ2n) is 10.2. The molecule has 0 aromatic carbocycles. The highest BCUT2D eigenvalue weighted by Crippen LogP contribution is 2.58. The molecule has 9 N–H and O–H groups in total. The van der Waals surface area contributed by atoms with Crippen molar-refractivity contribution in [1.29, 1.82) is 0 Å². The zero-order valence-electron chi connectivity index (χ0n) is 23.6. The van der Waals surface area contributed by atoms with Gasteiger partial charge in [0.25, 0.3) is 14.1 Å². The minimum atomic E-state index is -5.69. The summed E-state index contributed by atoms with van der Waals surface area (Å²) in [5.74, 6) is -0.0565. The second kappa shape index (κ2) is 13.9. The Bertz CT molecular complexity index is 1730. The third-order valence-electron chi connectivity index (χ3n) is 6.93. The highest BCUT2D eigenvalue weighted by Gasteiger charge is 2.51. The van der Waals surface area contributed by atoms with E-state index in [4.69, 9.17) is 15.2 Å². The molecular weight excluding hydrogens is 701 g/mol. The Morgan fingerprint density at radius 1 is 1.00 bits per heavy atom. The van der Waals surface area contributed by atoms with Crippen LogP contribution in [0, 0.1) is 0 Å². The third-order valence-corrected chi connectivity index (χ3v) is 10.0. The zero-order chi connectivity index (χ0) is 34.3. The summed E-state index contributed by atoms with van der Waals surface area (Å²) >= 11 is 0. The number of ether oxygens (including phenoxy) is 2. The van der Waals surface area contributed by atoms with Gasteiger partial charge in [-0.15, -0.1) is 0 Å². The molecule has 0 aliphatic carbocycles. The molecule has 47 heavy (non-hydrogen) atoms. The average Bonchev–Trinajstić information content (AvgIpc) is 3.64. The zero-order valence-corrected chi connectivity index (χ0v) is 26.3. The lowest BCUT2D eigenvalue weighted by molar-refractivity contribution is -0.766. The molecule has 0 saturated carbocycles. The smallest absolute Gasteiger partial charge is 0.478 e. The highest BCUT2D eigenvalue weighted by atomic mass is 31.3. The van der Waals surface area contributed by atoms with Crippen LogP contribution in [0.4, 0.5) is 5.82 Å². The molecule has 26 heteroatoms. The van der Waals surface area contributed by atoms with Gasteiger partial charge in [-0.3, -0.25) is 18.2 Å². The summed E-state index contributed by atoms with van der Waals surface area (Å²) in [4.78, 5) is 52.9. The number of fused-ring (bicyclic) bond motifs is 1. The maximum Gasteiger partial charge on any atom is 0.478 e. The lowest BCUT2D eigenvalue weighted by Crippen LogP contribution is -2.46. The molecule has 0 amide bonds. The largest absolute Gasteiger partial charge is 0.756 e. The molecule has 5 heterocycles. The van der Waals surface area contributed by atoms with Gasteiger partial charge in [-0.1, -0.05) is 0 Å². The molecule has 2 saturated heterocycles. The molecule has 5 rings (SSSR count). The number of nitrogens with two attached hydrogens (primary N) is 1. The lowest BCUT2D eigenvalue weighted by atomic mass is 10.1. The number of nitrogens with zero attached hydrogens (tertiary/aromatic N) is 5. The van der Waals surface area contributed by atoms with E-state index < -0.39 is 85.8 Å². The van der Waals surface area contributed by atoms with Gasteiger partial charge < -0.3 is 59.7 Å². The van der Waals surface area contributed by atoms with Crippen LogP contribution in [0.1, 0.15) is 18.0 Å². The van der Waals surface area contributed by atoms with Gasteiger partial charge in [-0.25, -0.2) is 28.4 Å². The lowest BCUT2D eigenvalue weighted by Gasteiger charge is -2.26. The van der Waals surface area contributed by atoms with Crippen LogP contribution in [0.5, 0.6) is 0 Å². The van der Waals surface area contributed by atoms with Crippen molar-refractivity contribution in [2.24, 2.45) is 0 Å². The average molecular weight is 730 g/mol. The Hall–Kier alpha value is -2.37. The fourth-order valence-electron chi connectivity index (χ4n) is 4.82. The number of aliphatic hydroxyl groups is 4. The van der Waals surface area contributed by atoms with E-state index in [2.05, 4.69) is 32.8 Å². The molecule has 0 bridgehead atoms. The van der Waals surface area contributed by atoms with Crippen LogP contribution in [0.25, 0.3) is 11.2 Å². The van der Waals surface area contributed by atoms with Crippen LogP contribution >= 0.6 is 23.5 Å². The van der Waals surface area contributed by atoms with Crippen LogP contribution in [-0.2, 0) is 47.7 Å². The summed E-state index contributed by atoms with van der Waals surface area (Å²) in [5.41, 5.74) is 6.26. The van der Waals surface area contributed by atoms with E-state index in [1.54, 1.807) is 6.07 Å². The van der Waals surface area contributed by atoms with E-state index in [-0.39, 0.29) is 23.6 Å². The fourth-order valence-corrected chi connectivity index (χ4v) is 7.42. The third kappa shape index (κ3) is 8.27. The molecule has 2 unspecified atom stereocenters. The van der Waals surface area contributed by atoms with Crippen molar-refractivity contribution in [3.8, 4) is 0 Å². The summed E-state index contributed by atoms with van der Waals surface area (Å²) in [7, 11) is -16.5. The van der Waals surface area contributed by atoms with Crippen LogP contribution in [0.2, 0.25) is 0 Å². The van der Waals surface area contributed by atoms with Crippen LogP contribution < -0.4 is 15.2 Å². The minimum Gasteiger partial charge on any atom is -0.756 e. The first kappa shape index (κ1) is 35.9. The number of nitrogen functional groups attached to an aromatic ring is 1. The first-order valence-electron chi connectivity index (χ1n) is 13.3.